The topological polar surface area (TPSA) is 66.5 Å². The second-order valence-electron chi connectivity index (χ2n) is 5.78. The van der Waals surface area contributed by atoms with Crippen LogP contribution >= 0.6 is 0 Å². The molecule has 1 aliphatic heterocycles. The Bertz CT molecular complexity index is 659. The lowest BCUT2D eigenvalue weighted by molar-refractivity contribution is -0.126. The van der Waals surface area contributed by atoms with Crippen molar-refractivity contribution in [3.05, 3.63) is 35.4 Å². The summed E-state index contributed by atoms with van der Waals surface area (Å²) in [6.07, 6.45) is 2.71. The lowest BCUT2D eigenvalue weighted by Gasteiger charge is -2.30. The number of benzene rings is 1. The van der Waals surface area contributed by atoms with Crippen molar-refractivity contribution in [2.45, 2.75) is 19.3 Å². The molecule has 0 aromatic heterocycles. The van der Waals surface area contributed by atoms with Crippen molar-refractivity contribution in [3.8, 4) is 0 Å². The molecule has 2 rings (SSSR count). The minimum atomic E-state index is -3.30. The molecule has 0 aliphatic carbocycles. The average Bonchev–Trinajstić information content (AvgIpc) is 2.45. The van der Waals surface area contributed by atoms with Crippen molar-refractivity contribution in [1.29, 1.82) is 0 Å². The SMILES string of the molecule is CS(=O)(=O)N1CCC[C@@H](C(=O)NCCc2cc(F)cc(F)c2)C1. The summed E-state index contributed by atoms with van der Waals surface area (Å²) in [4.78, 5) is 12.1. The van der Waals surface area contributed by atoms with E-state index in [0.717, 1.165) is 12.3 Å². The Morgan fingerprint density at radius 2 is 1.96 bits per heavy atom. The standard InChI is InChI=1S/C15H20F2N2O3S/c1-23(21,22)19-6-2-3-12(10-19)15(20)18-5-4-11-7-13(16)9-14(17)8-11/h7-9,12H,2-6,10H2,1H3,(H,18,20)/t12-/m1/s1. The number of nitrogens with zero attached hydrogens (tertiary/aromatic N) is 1. The van der Waals surface area contributed by atoms with Crippen LogP contribution in [0, 0.1) is 17.6 Å². The number of sulfonamides is 1. The summed E-state index contributed by atoms with van der Waals surface area (Å²) in [5, 5.41) is 2.71. The van der Waals surface area contributed by atoms with Gasteiger partial charge in [0.25, 0.3) is 0 Å². The van der Waals surface area contributed by atoms with E-state index in [1.165, 1.54) is 16.4 Å². The number of hydrogen-bond donors (Lipinski definition) is 1. The third kappa shape index (κ3) is 5.24. The van der Waals surface area contributed by atoms with E-state index in [0.29, 0.717) is 31.4 Å². The molecule has 0 spiro atoms. The van der Waals surface area contributed by atoms with Crippen molar-refractivity contribution in [2.75, 3.05) is 25.9 Å². The fourth-order valence-electron chi connectivity index (χ4n) is 2.69. The van der Waals surface area contributed by atoms with E-state index in [1.54, 1.807) is 0 Å². The van der Waals surface area contributed by atoms with Crippen LogP contribution in [0.1, 0.15) is 18.4 Å². The summed E-state index contributed by atoms with van der Waals surface area (Å²) in [5.41, 5.74) is 0.462. The molecule has 1 fully saturated rings. The van der Waals surface area contributed by atoms with Gasteiger partial charge in [0.05, 0.1) is 12.2 Å². The Hall–Kier alpha value is -1.54. The van der Waals surface area contributed by atoms with Crippen molar-refractivity contribution in [2.24, 2.45) is 5.92 Å². The predicted molar refractivity (Wildman–Crippen MR) is 82.2 cm³/mol. The molecule has 8 heteroatoms. The maximum Gasteiger partial charge on any atom is 0.224 e. The minimum absolute atomic E-state index is 0.180. The Morgan fingerprint density at radius 1 is 1.30 bits per heavy atom. The monoisotopic (exact) mass is 346 g/mol. The molecular formula is C15H20F2N2O3S. The fourth-order valence-corrected chi connectivity index (χ4v) is 3.60. The van der Waals surface area contributed by atoms with Crippen LogP contribution < -0.4 is 5.32 Å². The maximum atomic E-state index is 13.1. The molecule has 1 heterocycles. The molecule has 1 amide bonds. The first kappa shape index (κ1) is 17.8. The smallest absolute Gasteiger partial charge is 0.224 e. The molecule has 1 aromatic rings. The number of amides is 1. The molecule has 0 unspecified atom stereocenters. The Kier molecular flexibility index (Phi) is 5.69. The van der Waals surface area contributed by atoms with Crippen molar-refractivity contribution in [1.82, 2.24) is 9.62 Å². The third-order valence-electron chi connectivity index (χ3n) is 3.86. The molecule has 0 bridgehead atoms. The molecule has 1 aromatic carbocycles. The fraction of sp³-hybridized carbons (Fsp3) is 0.533. The van der Waals surface area contributed by atoms with Crippen molar-refractivity contribution < 1.29 is 22.0 Å². The molecule has 1 atom stereocenters. The first-order valence-corrected chi connectivity index (χ1v) is 9.28. The summed E-state index contributed by atoms with van der Waals surface area (Å²) in [6.45, 7) is 0.863. The van der Waals surface area contributed by atoms with Crippen molar-refractivity contribution in [3.63, 3.8) is 0 Å². The van der Waals surface area contributed by atoms with Gasteiger partial charge >= 0.3 is 0 Å². The quantitative estimate of drug-likeness (QED) is 0.874. The van der Waals surface area contributed by atoms with Gasteiger partial charge in [-0.3, -0.25) is 4.79 Å². The van der Waals surface area contributed by atoms with Gasteiger partial charge in [-0.25, -0.2) is 21.5 Å². The highest BCUT2D eigenvalue weighted by Gasteiger charge is 2.29. The Balaban J connectivity index is 1.85. The highest BCUT2D eigenvalue weighted by atomic mass is 32.2. The van der Waals surface area contributed by atoms with Crippen LogP contribution in [0.4, 0.5) is 8.78 Å². The number of hydrogen-bond acceptors (Lipinski definition) is 3. The van der Waals surface area contributed by atoms with Gasteiger partial charge in [0.1, 0.15) is 11.6 Å². The summed E-state index contributed by atoms with van der Waals surface area (Å²) in [7, 11) is -3.30. The van der Waals surface area contributed by atoms with Crippen LogP contribution in [0.15, 0.2) is 18.2 Å². The van der Waals surface area contributed by atoms with Crippen molar-refractivity contribution >= 4 is 15.9 Å². The average molecular weight is 346 g/mol. The minimum Gasteiger partial charge on any atom is -0.355 e. The zero-order valence-electron chi connectivity index (χ0n) is 12.9. The van der Waals surface area contributed by atoms with E-state index in [9.17, 15) is 22.0 Å². The number of rotatable bonds is 5. The van der Waals surface area contributed by atoms with Gasteiger partial charge in [-0.1, -0.05) is 0 Å². The summed E-state index contributed by atoms with van der Waals surface area (Å²) in [6, 6.07) is 3.24. The van der Waals surface area contributed by atoms with E-state index in [1.807, 2.05) is 0 Å². The number of carbonyl (C=O) groups is 1. The molecule has 23 heavy (non-hydrogen) atoms. The molecule has 5 nitrogen and oxygen atoms in total. The molecule has 1 aliphatic rings. The summed E-state index contributed by atoms with van der Waals surface area (Å²) in [5.74, 6) is -1.91. The molecule has 1 saturated heterocycles. The van der Waals surface area contributed by atoms with Crippen LogP contribution in [0.25, 0.3) is 0 Å². The van der Waals surface area contributed by atoms with Gasteiger partial charge in [-0.05, 0) is 37.0 Å². The van der Waals surface area contributed by atoms with E-state index in [4.69, 9.17) is 0 Å². The molecular weight excluding hydrogens is 326 g/mol. The van der Waals surface area contributed by atoms with E-state index in [2.05, 4.69) is 5.32 Å². The van der Waals surface area contributed by atoms with Crippen LogP contribution in [0.5, 0.6) is 0 Å². The lowest BCUT2D eigenvalue weighted by Crippen LogP contribution is -2.45. The third-order valence-corrected chi connectivity index (χ3v) is 5.13. The number of carbonyl (C=O) groups excluding carboxylic acids is 1. The zero-order chi connectivity index (χ0) is 17.0. The largest absolute Gasteiger partial charge is 0.355 e. The van der Waals surface area contributed by atoms with Crippen LogP contribution in [0.2, 0.25) is 0 Å². The van der Waals surface area contributed by atoms with Gasteiger partial charge in [-0.2, -0.15) is 0 Å². The molecule has 0 saturated carbocycles. The normalized spacial score (nSPS) is 19.5. The second kappa shape index (κ2) is 7.35. The number of nitrogens with one attached hydrogen (secondary N) is 1. The Morgan fingerprint density at radius 3 is 2.57 bits per heavy atom. The first-order chi connectivity index (χ1) is 10.8. The molecule has 1 N–H and O–H groups in total. The van der Waals surface area contributed by atoms with Gasteiger partial charge < -0.3 is 5.32 Å². The molecule has 0 radical (unpaired) electrons. The van der Waals surface area contributed by atoms with E-state index < -0.39 is 21.7 Å². The number of piperidine rings is 1. The maximum absolute atomic E-state index is 13.1. The predicted octanol–water partition coefficient (Wildman–Crippen LogP) is 1.30. The highest BCUT2D eigenvalue weighted by Crippen LogP contribution is 2.18. The van der Waals surface area contributed by atoms with Gasteiger partial charge in [0.15, 0.2) is 0 Å². The first-order valence-electron chi connectivity index (χ1n) is 7.43. The summed E-state index contributed by atoms with van der Waals surface area (Å²) < 4.78 is 50.5. The van der Waals surface area contributed by atoms with Gasteiger partial charge in [-0.15, -0.1) is 0 Å². The van der Waals surface area contributed by atoms with Crippen LogP contribution in [-0.4, -0.2) is 44.5 Å². The van der Waals surface area contributed by atoms with Crippen LogP contribution in [0.3, 0.4) is 0 Å². The Labute approximate surface area is 134 Å². The van der Waals surface area contributed by atoms with Crippen LogP contribution in [-0.2, 0) is 21.2 Å². The lowest BCUT2D eigenvalue weighted by atomic mass is 9.99. The number of halogens is 2. The van der Waals surface area contributed by atoms with Gasteiger partial charge in [0, 0.05) is 25.7 Å². The summed E-state index contributed by atoms with van der Waals surface area (Å²) >= 11 is 0. The van der Waals surface area contributed by atoms with E-state index >= 15 is 0 Å². The zero-order valence-corrected chi connectivity index (χ0v) is 13.7. The molecule has 128 valence electrons. The highest BCUT2D eigenvalue weighted by molar-refractivity contribution is 7.88. The second-order valence-corrected chi connectivity index (χ2v) is 7.76. The van der Waals surface area contributed by atoms with E-state index in [-0.39, 0.29) is 24.9 Å². The van der Waals surface area contributed by atoms with Gasteiger partial charge in [0.2, 0.25) is 15.9 Å².